The molecular weight excluding hydrogens is 295 g/mol. The van der Waals surface area contributed by atoms with Crippen molar-refractivity contribution in [2.24, 2.45) is 0 Å². The minimum absolute atomic E-state index is 0.404. The molecule has 2 aromatic rings. The van der Waals surface area contributed by atoms with Gasteiger partial charge < -0.3 is 5.32 Å². The lowest BCUT2D eigenvalue weighted by molar-refractivity contribution is -0.137. The van der Waals surface area contributed by atoms with Crippen LogP contribution >= 0.6 is 12.2 Å². The predicted octanol–water partition coefficient (Wildman–Crippen LogP) is 5.11. The van der Waals surface area contributed by atoms with Crippen LogP contribution in [0.2, 0.25) is 0 Å². The van der Waals surface area contributed by atoms with Gasteiger partial charge in [-0.3, -0.25) is 0 Å². The van der Waals surface area contributed by atoms with E-state index in [0.29, 0.717) is 10.6 Å². The standard InChI is InChI=1S/C16H14F3NS/c1-10-4-3-5-11(2)14(10)20-15(21)12-6-8-13(9-7-12)16(17,18)19/h3-9H,1-2H3,(H,20,21). The highest BCUT2D eigenvalue weighted by Gasteiger charge is 2.30. The van der Waals surface area contributed by atoms with Crippen LogP contribution in [0.25, 0.3) is 0 Å². The summed E-state index contributed by atoms with van der Waals surface area (Å²) >= 11 is 5.27. The lowest BCUT2D eigenvalue weighted by Gasteiger charge is -2.14. The highest BCUT2D eigenvalue weighted by Crippen LogP contribution is 2.29. The Labute approximate surface area is 126 Å². The number of hydrogen-bond acceptors (Lipinski definition) is 1. The molecule has 2 rings (SSSR count). The van der Waals surface area contributed by atoms with E-state index in [9.17, 15) is 13.2 Å². The summed E-state index contributed by atoms with van der Waals surface area (Å²) in [4.78, 5) is 0.404. The Kier molecular flexibility index (Phi) is 4.32. The van der Waals surface area contributed by atoms with Gasteiger partial charge in [-0.15, -0.1) is 0 Å². The molecule has 0 amide bonds. The molecule has 0 aliphatic heterocycles. The van der Waals surface area contributed by atoms with E-state index in [1.165, 1.54) is 12.1 Å². The number of hydrogen-bond donors (Lipinski definition) is 1. The normalized spacial score (nSPS) is 11.3. The van der Waals surface area contributed by atoms with Gasteiger partial charge in [-0.25, -0.2) is 0 Å². The molecule has 0 unspecified atom stereocenters. The lowest BCUT2D eigenvalue weighted by atomic mass is 10.1. The molecule has 0 saturated heterocycles. The fourth-order valence-electron chi connectivity index (χ4n) is 2.01. The number of anilines is 1. The summed E-state index contributed by atoms with van der Waals surface area (Å²) in [5.74, 6) is 0. The van der Waals surface area contributed by atoms with Gasteiger partial charge in [0.1, 0.15) is 4.99 Å². The van der Waals surface area contributed by atoms with Gasteiger partial charge in [-0.05, 0) is 37.1 Å². The summed E-state index contributed by atoms with van der Waals surface area (Å²) in [5.41, 5.74) is 2.83. The van der Waals surface area contributed by atoms with Crippen LogP contribution in [-0.4, -0.2) is 4.99 Å². The van der Waals surface area contributed by atoms with Crippen LogP contribution in [0.1, 0.15) is 22.3 Å². The summed E-state index contributed by atoms with van der Waals surface area (Å²) in [7, 11) is 0. The summed E-state index contributed by atoms with van der Waals surface area (Å²) in [6, 6.07) is 10.7. The SMILES string of the molecule is Cc1cccc(C)c1NC(=S)c1ccc(C(F)(F)F)cc1. The number of alkyl halides is 3. The largest absolute Gasteiger partial charge is 0.416 e. The van der Waals surface area contributed by atoms with E-state index in [-0.39, 0.29) is 0 Å². The molecule has 0 fully saturated rings. The van der Waals surface area contributed by atoms with Crippen LogP contribution in [0.15, 0.2) is 42.5 Å². The quantitative estimate of drug-likeness (QED) is 0.774. The molecule has 1 nitrogen and oxygen atoms in total. The number of aryl methyl sites for hydroxylation is 2. The van der Waals surface area contributed by atoms with E-state index in [4.69, 9.17) is 12.2 Å². The Morgan fingerprint density at radius 1 is 0.952 bits per heavy atom. The Hall–Kier alpha value is -1.88. The molecule has 0 saturated carbocycles. The number of rotatable bonds is 2. The predicted molar refractivity (Wildman–Crippen MR) is 82.7 cm³/mol. The second kappa shape index (κ2) is 5.85. The number of para-hydroxylation sites is 1. The van der Waals surface area contributed by atoms with Gasteiger partial charge in [-0.1, -0.05) is 42.5 Å². The Bertz CT molecular complexity index is 640. The molecule has 0 bridgehead atoms. The van der Waals surface area contributed by atoms with E-state index in [0.717, 1.165) is 28.9 Å². The molecule has 0 radical (unpaired) electrons. The highest BCUT2D eigenvalue weighted by atomic mass is 32.1. The molecule has 0 aromatic heterocycles. The molecule has 0 spiro atoms. The van der Waals surface area contributed by atoms with Crippen LogP contribution in [0.3, 0.4) is 0 Å². The molecule has 0 atom stereocenters. The van der Waals surface area contributed by atoms with Crippen molar-refractivity contribution < 1.29 is 13.2 Å². The second-order valence-electron chi connectivity index (χ2n) is 4.80. The van der Waals surface area contributed by atoms with Gasteiger partial charge in [-0.2, -0.15) is 13.2 Å². The first-order valence-corrected chi connectivity index (χ1v) is 6.74. The van der Waals surface area contributed by atoms with Crippen molar-refractivity contribution in [1.82, 2.24) is 0 Å². The average molecular weight is 309 g/mol. The third-order valence-corrected chi connectivity index (χ3v) is 3.53. The van der Waals surface area contributed by atoms with Crippen molar-refractivity contribution in [1.29, 1.82) is 0 Å². The third-order valence-electron chi connectivity index (χ3n) is 3.19. The topological polar surface area (TPSA) is 12.0 Å². The van der Waals surface area contributed by atoms with Gasteiger partial charge in [0, 0.05) is 11.3 Å². The van der Waals surface area contributed by atoms with E-state index in [2.05, 4.69) is 5.32 Å². The van der Waals surface area contributed by atoms with Crippen LogP contribution in [0, 0.1) is 13.8 Å². The maximum Gasteiger partial charge on any atom is 0.416 e. The maximum absolute atomic E-state index is 12.5. The zero-order valence-electron chi connectivity index (χ0n) is 11.6. The van der Waals surface area contributed by atoms with E-state index >= 15 is 0 Å². The van der Waals surface area contributed by atoms with Gasteiger partial charge in [0.05, 0.1) is 5.56 Å². The second-order valence-corrected chi connectivity index (χ2v) is 5.20. The number of benzene rings is 2. The fourth-order valence-corrected chi connectivity index (χ4v) is 2.25. The monoisotopic (exact) mass is 309 g/mol. The van der Waals surface area contributed by atoms with Crippen molar-refractivity contribution in [2.45, 2.75) is 20.0 Å². The molecule has 110 valence electrons. The molecule has 1 N–H and O–H groups in total. The molecule has 21 heavy (non-hydrogen) atoms. The summed E-state index contributed by atoms with van der Waals surface area (Å²) in [6.07, 6.45) is -4.33. The van der Waals surface area contributed by atoms with Crippen LogP contribution in [0.4, 0.5) is 18.9 Å². The Balaban J connectivity index is 2.21. The first kappa shape index (κ1) is 15.5. The summed E-state index contributed by atoms with van der Waals surface area (Å²) < 4.78 is 37.6. The number of thiocarbonyl (C=S) groups is 1. The molecule has 5 heteroatoms. The zero-order valence-corrected chi connectivity index (χ0v) is 12.4. The van der Waals surface area contributed by atoms with Crippen molar-refractivity contribution >= 4 is 22.9 Å². The fraction of sp³-hybridized carbons (Fsp3) is 0.188. The molecule has 2 aromatic carbocycles. The van der Waals surface area contributed by atoms with Crippen molar-refractivity contribution in [3.8, 4) is 0 Å². The van der Waals surface area contributed by atoms with E-state index < -0.39 is 11.7 Å². The van der Waals surface area contributed by atoms with Crippen LogP contribution in [-0.2, 0) is 6.18 Å². The molecule has 0 aliphatic carbocycles. The Morgan fingerprint density at radius 2 is 1.48 bits per heavy atom. The molecular formula is C16H14F3NS. The van der Waals surface area contributed by atoms with Crippen LogP contribution in [0.5, 0.6) is 0 Å². The first-order valence-electron chi connectivity index (χ1n) is 6.34. The van der Waals surface area contributed by atoms with Crippen molar-refractivity contribution in [2.75, 3.05) is 5.32 Å². The smallest absolute Gasteiger partial charge is 0.346 e. The van der Waals surface area contributed by atoms with E-state index in [1.807, 2.05) is 32.0 Å². The first-order chi connectivity index (χ1) is 9.79. The van der Waals surface area contributed by atoms with Crippen LogP contribution < -0.4 is 5.32 Å². The number of nitrogens with one attached hydrogen (secondary N) is 1. The maximum atomic E-state index is 12.5. The average Bonchev–Trinajstić information content (AvgIpc) is 2.42. The minimum atomic E-state index is -4.33. The van der Waals surface area contributed by atoms with Gasteiger partial charge >= 0.3 is 6.18 Å². The molecule has 0 aliphatic rings. The van der Waals surface area contributed by atoms with Gasteiger partial charge in [0.2, 0.25) is 0 Å². The zero-order chi connectivity index (χ0) is 15.6. The van der Waals surface area contributed by atoms with Gasteiger partial charge in [0.25, 0.3) is 0 Å². The van der Waals surface area contributed by atoms with Crippen molar-refractivity contribution in [3.63, 3.8) is 0 Å². The minimum Gasteiger partial charge on any atom is -0.346 e. The summed E-state index contributed by atoms with van der Waals surface area (Å²) in [6.45, 7) is 3.90. The van der Waals surface area contributed by atoms with Gasteiger partial charge in [0.15, 0.2) is 0 Å². The lowest BCUT2D eigenvalue weighted by Crippen LogP contribution is -2.13. The van der Waals surface area contributed by atoms with E-state index in [1.54, 1.807) is 0 Å². The highest BCUT2D eigenvalue weighted by molar-refractivity contribution is 7.81. The summed E-state index contributed by atoms with van der Waals surface area (Å²) in [5, 5.41) is 3.10. The third kappa shape index (κ3) is 3.61. The number of halogens is 3. The Morgan fingerprint density at radius 3 is 1.95 bits per heavy atom. The van der Waals surface area contributed by atoms with Crippen molar-refractivity contribution in [3.05, 3.63) is 64.7 Å². The molecule has 0 heterocycles.